The summed E-state index contributed by atoms with van der Waals surface area (Å²) >= 11 is 0. The van der Waals surface area contributed by atoms with Crippen molar-refractivity contribution in [1.29, 1.82) is 0 Å². The van der Waals surface area contributed by atoms with E-state index in [0.717, 1.165) is 18.9 Å². The number of unbranched alkanes of at least 4 members (excludes halogenated alkanes) is 1. The second kappa shape index (κ2) is 6.45. The summed E-state index contributed by atoms with van der Waals surface area (Å²) in [6.45, 7) is 2.42. The molecule has 0 atom stereocenters. The van der Waals surface area contributed by atoms with E-state index in [2.05, 4.69) is 10.6 Å². The van der Waals surface area contributed by atoms with Crippen molar-refractivity contribution < 1.29 is 18.0 Å². The van der Waals surface area contributed by atoms with Crippen LogP contribution in [0.5, 0.6) is 0 Å². The van der Waals surface area contributed by atoms with Crippen molar-refractivity contribution in [3.63, 3.8) is 0 Å². The zero-order valence-electron chi connectivity index (χ0n) is 10.9. The largest absolute Gasteiger partial charge is 0.418 e. The molecule has 3 nitrogen and oxygen atoms in total. The maximum Gasteiger partial charge on any atom is 0.418 e. The Morgan fingerprint density at radius 2 is 2.00 bits per heavy atom. The molecule has 1 rings (SSSR count). The predicted octanol–water partition coefficient (Wildman–Crippen LogP) is 3.28. The fourth-order valence-corrected chi connectivity index (χ4v) is 1.72. The molecule has 19 heavy (non-hydrogen) atoms. The Balaban J connectivity index is 3.04. The molecule has 1 aromatic carbocycles. The summed E-state index contributed by atoms with van der Waals surface area (Å²) in [7, 11) is 1.37. The predicted molar refractivity (Wildman–Crippen MR) is 68.2 cm³/mol. The molecule has 1 amide bonds. The number of halogens is 3. The first-order chi connectivity index (χ1) is 8.91. The summed E-state index contributed by atoms with van der Waals surface area (Å²) in [5.74, 6) is -0.496. The van der Waals surface area contributed by atoms with Gasteiger partial charge < -0.3 is 10.6 Å². The fraction of sp³-hybridized carbons (Fsp3) is 0.462. The van der Waals surface area contributed by atoms with Crippen molar-refractivity contribution in [2.24, 2.45) is 0 Å². The van der Waals surface area contributed by atoms with Crippen LogP contribution in [-0.4, -0.2) is 19.5 Å². The lowest BCUT2D eigenvalue weighted by atomic mass is 10.1. The molecular formula is C13H17F3N2O. The molecule has 0 unspecified atom stereocenters. The summed E-state index contributed by atoms with van der Waals surface area (Å²) in [6, 6.07) is 3.56. The maximum absolute atomic E-state index is 12.8. The third-order valence-electron chi connectivity index (χ3n) is 2.68. The van der Waals surface area contributed by atoms with Gasteiger partial charge in [0, 0.05) is 13.6 Å². The van der Waals surface area contributed by atoms with Gasteiger partial charge >= 0.3 is 6.18 Å². The van der Waals surface area contributed by atoms with Crippen molar-refractivity contribution in [3.05, 3.63) is 29.3 Å². The molecule has 2 N–H and O–H groups in total. The molecular weight excluding hydrogens is 257 g/mol. The molecule has 0 radical (unpaired) electrons. The third kappa shape index (κ3) is 3.87. The van der Waals surface area contributed by atoms with Gasteiger partial charge in [-0.2, -0.15) is 13.2 Å². The van der Waals surface area contributed by atoms with Crippen molar-refractivity contribution >= 4 is 11.6 Å². The molecule has 0 heterocycles. The van der Waals surface area contributed by atoms with Crippen LogP contribution in [0.15, 0.2) is 18.2 Å². The van der Waals surface area contributed by atoms with Crippen LogP contribution in [0.25, 0.3) is 0 Å². The maximum atomic E-state index is 12.8. The van der Waals surface area contributed by atoms with E-state index in [1.807, 2.05) is 6.92 Å². The first-order valence-electron chi connectivity index (χ1n) is 6.08. The van der Waals surface area contributed by atoms with E-state index in [1.165, 1.54) is 19.2 Å². The van der Waals surface area contributed by atoms with Gasteiger partial charge in [-0.05, 0) is 18.6 Å². The number of carbonyl (C=O) groups is 1. The Morgan fingerprint density at radius 1 is 1.32 bits per heavy atom. The van der Waals surface area contributed by atoms with E-state index in [-0.39, 0.29) is 11.3 Å². The van der Waals surface area contributed by atoms with E-state index in [9.17, 15) is 18.0 Å². The van der Waals surface area contributed by atoms with Crippen LogP contribution >= 0.6 is 0 Å². The van der Waals surface area contributed by atoms with E-state index < -0.39 is 17.6 Å². The number of benzene rings is 1. The van der Waals surface area contributed by atoms with Crippen LogP contribution in [0, 0.1) is 0 Å². The van der Waals surface area contributed by atoms with Crippen LogP contribution in [-0.2, 0) is 6.18 Å². The summed E-state index contributed by atoms with van der Waals surface area (Å²) < 4.78 is 38.4. The van der Waals surface area contributed by atoms with E-state index >= 15 is 0 Å². The lowest BCUT2D eigenvalue weighted by molar-refractivity contribution is -0.136. The average Bonchev–Trinajstić information content (AvgIpc) is 2.36. The summed E-state index contributed by atoms with van der Waals surface area (Å²) in [4.78, 5) is 11.9. The standard InChI is InChI=1S/C13H17F3N2O/c1-3-4-8-18-12(19)9-6-5-7-10(11(9)17-2)13(14,15)16/h5-7,17H,3-4,8H2,1-2H3,(H,18,19). The SMILES string of the molecule is CCCCNC(=O)c1cccc(C(F)(F)F)c1NC. The third-order valence-corrected chi connectivity index (χ3v) is 2.68. The van der Waals surface area contributed by atoms with Gasteiger partial charge in [0.1, 0.15) is 0 Å². The molecule has 0 spiro atoms. The monoisotopic (exact) mass is 274 g/mol. The molecule has 0 saturated heterocycles. The highest BCUT2D eigenvalue weighted by molar-refractivity contribution is 6.00. The molecule has 6 heteroatoms. The number of nitrogens with one attached hydrogen (secondary N) is 2. The smallest absolute Gasteiger partial charge is 0.387 e. The zero-order chi connectivity index (χ0) is 14.5. The summed E-state index contributed by atoms with van der Waals surface area (Å²) in [5, 5.41) is 5.07. The molecule has 1 aromatic rings. The van der Waals surface area contributed by atoms with Crippen LogP contribution in [0.2, 0.25) is 0 Å². The van der Waals surface area contributed by atoms with Gasteiger partial charge in [0.15, 0.2) is 0 Å². The number of anilines is 1. The molecule has 0 saturated carbocycles. The van der Waals surface area contributed by atoms with E-state index in [1.54, 1.807) is 0 Å². The molecule has 0 bridgehead atoms. The first kappa shape index (κ1) is 15.3. The number of carbonyl (C=O) groups excluding carboxylic acids is 1. The normalized spacial score (nSPS) is 11.2. The van der Waals surface area contributed by atoms with E-state index in [4.69, 9.17) is 0 Å². The molecule has 0 aliphatic carbocycles. The Kier molecular flexibility index (Phi) is 5.20. The fourth-order valence-electron chi connectivity index (χ4n) is 1.72. The minimum absolute atomic E-state index is 0.00780. The number of alkyl halides is 3. The van der Waals surface area contributed by atoms with Gasteiger partial charge in [0.05, 0.1) is 16.8 Å². The minimum Gasteiger partial charge on any atom is -0.387 e. The van der Waals surface area contributed by atoms with Gasteiger partial charge in [-0.25, -0.2) is 0 Å². The molecule has 0 fully saturated rings. The number of amides is 1. The number of hydrogen-bond donors (Lipinski definition) is 2. The van der Waals surface area contributed by atoms with Crippen molar-refractivity contribution in [3.8, 4) is 0 Å². The summed E-state index contributed by atoms with van der Waals surface area (Å²) in [6.07, 6.45) is -2.79. The molecule has 0 aliphatic heterocycles. The van der Waals surface area contributed by atoms with Gasteiger partial charge in [0.2, 0.25) is 0 Å². The molecule has 0 aromatic heterocycles. The minimum atomic E-state index is -4.49. The average molecular weight is 274 g/mol. The van der Waals surface area contributed by atoms with Crippen LogP contribution < -0.4 is 10.6 Å². The highest BCUT2D eigenvalue weighted by Gasteiger charge is 2.34. The Morgan fingerprint density at radius 3 is 2.53 bits per heavy atom. The van der Waals surface area contributed by atoms with E-state index in [0.29, 0.717) is 6.54 Å². The van der Waals surface area contributed by atoms with Crippen LogP contribution in [0.3, 0.4) is 0 Å². The van der Waals surface area contributed by atoms with Crippen molar-refractivity contribution in [2.75, 3.05) is 18.9 Å². The zero-order valence-corrected chi connectivity index (χ0v) is 10.9. The van der Waals surface area contributed by atoms with Crippen molar-refractivity contribution in [1.82, 2.24) is 5.32 Å². The summed E-state index contributed by atoms with van der Waals surface area (Å²) in [5.41, 5.74) is -1.02. The van der Waals surface area contributed by atoms with Crippen molar-refractivity contribution in [2.45, 2.75) is 25.9 Å². The highest BCUT2D eigenvalue weighted by atomic mass is 19.4. The van der Waals surface area contributed by atoms with Gasteiger partial charge in [0.25, 0.3) is 5.91 Å². The lowest BCUT2D eigenvalue weighted by Crippen LogP contribution is -2.26. The van der Waals surface area contributed by atoms with Gasteiger partial charge in [-0.15, -0.1) is 0 Å². The molecule has 0 aliphatic rings. The highest BCUT2D eigenvalue weighted by Crippen LogP contribution is 2.36. The number of hydrogen-bond acceptors (Lipinski definition) is 2. The number of para-hydroxylation sites is 1. The van der Waals surface area contributed by atoms with Crippen LogP contribution in [0.1, 0.15) is 35.7 Å². The quantitative estimate of drug-likeness (QED) is 0.809. The lowest BCUT2D eigenvalue weighted by Gasteiger charge is -2.16. The van der Waals surface area contributed by atoms with Gasteiger partial charge in [-0.1, -0.05) is 19.4 Å². The Hall–Kier alpha value is -1.72. The Bertz CT molecular complexity index is 444. The topological polar surface area (TPSA) is 41.1 Å². The number of rotatable bonds is 5. The Labute approximate surface area is 110 Å². The second-order valence-electron chi connectivity index (χ2n) is 4.09. The van der Waals surface area contributed by atoms with Crippen LogP contribution in [0.4, 0.5) is 18.9 Å². The molecule has 106 valence electrons. The van der Waals surface area contributed by atoms with Gasteiger partial charge in [-0.3, -0.25) is 4.79 Å². The second-order valence-corrected chi connectivity index (χ2v) is 4.09. The first-order valence-corrected chi connectivity index (χ1v) is 6.08.